The third-order valence-corrected chi connectivity index (χ3v) is 8.50. The van der Waals surface area contributed by atoms with Crippen LogP contribution in [0, 0.1) is 11.8 Å². The van der Waals surface area contributed by atoms with Crippen molar-refractivity contribution in [3.8, 4) is 5.75 Å². The Morgan fingerprint density at radius 1 is 1.18 bits per heavy atom. The van der Waals surface area contributed by atoms with Gasteiger partial charge in [0.15, 0.2) is 0 Å². The number of anilines is 1. The van der Waals surface area contributed by atoms with Gasteiger partial charge < -0.3 is 14.4 Å². The second-order valence-corrected chi connectivity index (χ2v) is 11.9. The van der Waals surface area contributed by atoms with E-state index >= 15 is 0 Å². The molecule has 1 aromatic rings. The monoisotopic (exact) mass is 495 g/mol. The van der Waals surface area contributed by atoms with Crippen molar-refractivity contribution in [3.63, 3.8) is 0 Å². The van der Waals surface area contributed by atoms with Crippen molar-refractivity contribution in [1.82, 2.24) is 9.80 Å². The number of hydrogen-bond donors (Lipinski definition) is 1. The van der Waals surface area contributed by atoms with E-state index in [0.717, 1.165) is 13.1 Å². The molecule has 2 aliphatic rings. The first kappa shape index (κ1) is 26.8. The van der Waals surface area contributed by atoms with Gasteiger partial charge in [0.05, 0.1) is 17.4 Å². The number of rotatable bonds is 6. The van der Waals surface area contributed by atoms with Crippen molar-refractivity contribution in [2.24, 2.45) is 11.8 Å². The van der Waals surface area contributed by atoms with Crippen LogP contribution in [0.5, 0.6) is 5.75 Å². The van der Waals surface area contributed by atoms with Crippen LogP contribution in [0.4, 0.5) is 5.69 Å². The zero-order valence-corrected chi connectivity index (χ0v) is 22.1. The Bertz CT molecular complexity index is 932. The van der Waals surface area contributed by atoms with Gasteiger partial charge in [-0.05, 0) is 56.7 Å². The number of sulfonamides is 1. The molecule has 0 bridgehead atoms. The Morgan fingerprint density at radius 3 is 2.53 bits per heavy atom. The lowest BCUT2D eigenvalue weighted by atomic mass is 9.99. The Morgan fingerprint density at radius 2 is 1.88 bits per heavy atom. The van der Waals surface area contributed by atoms with Gasteiger partial charge in [-0.2, -0.15) is 0 Å². The second kappa shape index (κ2) is 11.7. The van der Waals surface area contributed by atoms with Gasteiger partial charge in [0.25, 0.3) is 5.91 Å². The molecule has 8 nitrogen and oxygen atoms in total. The smallest absolute Gasteiger partial charge is 0.257 e. The lowest BCUT2D eigenvalue weighted by Crippen LogP contribution is -2.47. The van der Waals surface area contributed by atoms with Gasteiger partial charge >= 0.3 is 0 Å². The molecule has 0 unspecified atom stereocenters. The van der Waals surface area contributed by atoms with E-state index in [0.29, 0.717) is 36.1 Å². The summed E-state index contributed by atoms with van der Waals surface area (Å²) < 4.78 is 38.7. The first-order chi connectivity index (χ1) is 16.1. The second-order valence-electron chi connectivity index (χ2n) is 9.92. The number of amides is 1. The molecule has 1 amide bonds. The minimum Gasteiger partial charge on any atom is -0.491 e. The minimum absolute atomic E-state index is 0.0455. The topological polar surface area (TPSA) is 88.2 Å². The molecule has 1 heterocycles. The van der Waals surface area contributed by atoms with E-state index in [4.69, 9.17) is 9.47 Å². The number of ether oxygens (including phenoxy) is 2. The molecule has 3 atom stereocenters. The van der Waals surface area contributed by atoms with Gasteiger partial charge in [0.1, 0.15) is 12.4 Å². The zero-order chi connectivity index (χ0) is 24.9. The summed E-state index contributed by atoms with van der Waals surface area (Å²) in [7, 11) is -0.0126. The fraction of sp³-hybridized carbons (Fsp3) is 0.720. The Labute approximate surface area is 205 Å². The molecule has 9 heteroatoms. The molecule has 1 N–H and O–H groups in total. The van der Waals surface area contributed by atoms with Gasteiger partial charge in [-0.25, -0.2) is 8.42 Å². The lowest BCUT2D eigenvalue weighted by Gasteiger charge is -2.37. The molecule has 1 aromatic carbocycles. The van der Waals surface area contributed by atoms with Crippen molar-refractivity contribution < 1.29 is 22.7 Å². The SMILES string of the molecule is CCS(=O)(=O)Nc1ccc2c(c1)C(=O)N(C)C[C@H](OC)[C@H](C)CN(CC1CCCC1)[C@H](C)CO2. The van der Waals surface area contributed by atoms with Gasteiger partial charge in [-0.3, -0.25) is 14.4 Å². The molecule has 192 valence electrons. The molecule has 0 saturated heterocycles. The first-order valence-corrected chi connectivity index (χ1v) is 14.1. The first-order valence-electron chi connectivity index (χ1n) is 12.4. The van der Waals surface area contributed by atoms with Crippen LogP contribution in [0.25, 0.3) is 0 Å². The van der Waals surface area contributed by atoms with Gasteiger partial charge in [0, 0.05) is 45.5 Å². The maximum absolute atomic E-state index is 13.4. The molecular weight excluding hydrogens is 454 g/mol. The van der Waals surface area contributed by atoms with Crippen LogP contribution < -0.4 is 9.46 Å². The summed E-state index contributed by atoms with van der Waals surface area (Å²) in [6.45, 7) is 8.74. The number of carbonyl (C=O) groups is 1. The van der Waals surface area contributed by atoms with Crippen molar-refractivity contribution in [2.45, 2.75) is 58.6 Å². The largest absolute Gasteiger partial charge is 0.491 e. The minimum atomic E-state index is -3.46. The van der Waals surface area contributed by atoms with E-state index in [1.54, 1.807) is 44.2 Å². The number of nitrogens with zero attached hydrogens (tertiary/aromatic N) is 2. The van der Waals surface area contributed by atoms with Gasteiger partial charge in [0.2, 0.25) is 10.0 Å². The summed E-state index contributed by atoms with van der Waals surface area (Å²) in [5.74, 6) is 1.14. The number of benzene rings is 1. The predicted octanol–water partition coefficient (Wildman–Crippen LogP) is 3.44. The lowest BCUT2D eigenvalue weighted by molar-refractivity contribution is 0.00814. The van der Waals surface area contributed by atoms with Gasteiger partial charge in [-0.15, -0.1) is 0 Å². The molecule has 0 spiro atoms. The number of likely N-dealkylation sites (N-methyl/N-ethyl adjacent to an activating group) is 1. The highest BCUT2D eigenvalue weighted by molar-refractivity contribution is 7.92. The summed E-state index contributed by atoms with van der Waals surface area (Å²) >= 11 is 0. The Balaban J connectivity index is 1.92. The van der Waals surface area contributed by atoms with Crippen LogP contribution in [0.3, 0.4) is 0 Å². The van der Waals surface area contributed by atoms with E-state index in [1.165, 1.54) is 25.7 Å². The van der Waals surface area contributed by atoms with Crippen molar-refractivity contribution >= 4 is 21.6 Å². The molecule has 1 saturated carbocycles. The van der Waals surface area contributed by atoms with Crippen molar-refractivity contribution in [3.05, 3.63) is 23.8 Å². The van der Waals surface area contributed by atoms with Crippen LogP contribution >= 0.6 is 0 Å². The zero-order valence-electron chi connectivity index (χ0n) is 21.2. The van der Waals surface area contributed by atoms with Crippen LogP contribution in [-0.4, -0.2) is 82.4 Å². The molecule has 0 radical (unpaired) electrons. The number of hydrogen-bond acceptors (Lipinski definition) is 6. The molecule has 34 heavy (non-hydrogen) atoms. The van der Waals surface area contributed by atoms with Crippen LogP contribution in [0.1, 0.15) is 56.8 Å². The van der Waals surface area contributed by atoms with Crippen molar-refractivity contribution in [2.75, 3.05) is 50.9 Å². The number of nitrogens with one attached hydrogen (secondary N) is 1. The average Bonchev–Trinajstić information content (AvgIpc) is 3.32. The maximum Gasteiger partial charge on any atom is 0.257 e. The molecule has 3 rings (SSSR count). The third-order valence-electron chi connectivity index (χ3n) is 7.19. The molecule has 1 fully saturated rings. The van der Waals surface area contributed by atoms with E-state index in [9.17, 15) is 13.2 Å². The molecule has 1 aliphatic heterocycles. The number of fused-ring (bicyclic) bond motifs is 1. The standard InChI is InChI=1S/C25H41N3O5S/c1-6-34(30,31)26-21-11-12-23-22(13-21)25(29)27(4)16-24(32-5)18(2)14-28(19(3)17-33-23)15-20-9-7-8-10-20/h11-13,18-20,24,26H,6-10,14-17H2,1-5H3/t18-,19-,24+/m1/s1. The average molecular weight is 496 g/mol. The number of carbonyl (C=O) groups excluding carboxylic acids is 1. The normalized spacial score (nSPS) is 25.9. The van der Waals surface area contributed by atoms with E-state index in [-0.39, 0.29) is 29.7 Å². The van der Waals surface area contributed by atoms with Gasteiger partial charge in [-0.1, -0.05) is 19.8 Å². The predicted molar refractivity (Wildman–Crippen MR) is 135 cm³/mol. The molecular formula is C25H41N3O5S. The van der Waals surface area contributed by atoms with E-state index in [1.807, 2.05) is 0 Å². The van der Waals surface area contributed by atoms with Crippen LogP contribution in [0.2, 0.25) is 0 Å². The highest BCUT2D eigenvalue weighted by atomic mass is 32.2. The van der Waals surface area contributed by atoms with E-state index in [2.05, 4.69) is 23.5 Å². The summed E-state index contributed by atoms with van der Waals surface area (Å²) in [6.07, 6.45) is 5.07. The van der Waals surface area contributed by atoms with Crippen LogP contribution in [-0.2, 0) is 14.8 Å². The highest BCUT2D eigenvalue weighted by Gasteiger charge is 2.30. The fourth-order valence-corrected chi connectivity index (χ4v) is 5.58. The highest BCUT2D eigenvalue weighted by Crippen LogP contribution is 2.29. The quantitative estimate of drug-likeness (QED) is 0.650. The summed E-state index contributed by atoms with van der Waals surface area (Å²) in [4.78, 5) is 17.5. The number of methoxy groups -OCH3 is 1. The Hall–Kier alpha value is -1.84. The summed E-state index contributed by atoms with van der Waals surface area (Å²) in [5, 5.41) is 0. The van der Waals surface area contributed by atoms with Crippen LogP contribution in [0.15, 0.2) is 18.2 Å². The maximum atomic E-state index is 13.4. The van der Waals surface area contributed by atoms with Crippen molar-refractivity contribution in [1.29, 1.82) is 0 Å². The fourth-order valence-electron chi connectivity index (χ4n) is 4.95. The molecule has 1 aliphatic carbocycles. The third kappa shape index (κ3) is 6.86. The Kier molecular flexibility index (Phi) is 9.23. The summed E-state index contributed by atoms with van der Waals surface area (Å²) in [5.41, 5.74) is 0.696. The summed E-state index contributed by atoms with van der Waals surface area (Å²) in [6, 6.07) is 5.06. The molecule has 0 aromatic heterocycles. The van der Waals surface area contributed by atoms with E-state index < -0.39 is 10.0 Å².